The first-order valence-corrected chi connectivity index (χ1v) is 8.02. The van der Waals surface area contributed by atoms with E-state index in [0.717, 1.165) is 17.9 Å². The average Bonchev–Trinajstić information content (AvgIpc) is 2.93. The number of aryl methyl sites for hydroxylation is 3. The molecule has 1 aromatic carbocycles. The van der Waals surface area contributed by atoms with E-state index in [1.165, 1.54) is 26.4 Å². The summed E-state index contributed by atoms with van der Waals surface area (Å²) in [5.74, 6) is 1.39. The second-order valence-electron chi connectivity index (χ2n) is 5.14. The van der Waals surface area contributed by atoms with Gasteiger partial charge in [-0.15, -0.1) is 22.9 Å². The molecule has 0 bridgehead atoms. The third kappa shape index (κ3) is 2.25. The Morgan fingerprint density at radius 3 is 2.65 bits per heavy atom. The summed E-state index contributed by atoms with van der Waals surface area (Å²) in [4.78, 5) is 7.43. The van der Waals surface area contributed by atoms with Crippen molar-refractivity contribution in [2.24, 2.45) is 0 Å². The Kier molecular flexibility index (Phi) is 3.57. The van der Waals surface area contributed by atoms with Crippen molar-refractivity contribution < 1.29 is 0 Å². The summed E-state index contributed by atoms with van der Waals surface area (Å²) in [5.41, 5.74) is 4.79. The summed E-state index contributed by atoms with van der Waals surface area (Å²) in [5, 5.41) is 0. The van der Waals surface area contributed by atoms with E-state index in [1.54, 1.807) is 0 Å². The second-order valence-corrected chi connectivity index (χ2v) is 6.75. The van der Waals surface area contributed by atoms with Crippen LogP contribution in [0, 0.1) is 20.8 Å². The van der Waals surface area contributed by atoms with Crippen molar-refractivity contribution in [3.8, 4) is 0 Å². The molecule has 3 aromatic rings. The van der Waals surface area contributed by atoms with Crippen LogP contribution < -0.4 is 0 Å². The molecular formula is C16H17ClN2S. The maximum atomic E-state index is 6.08. The lowest BCUT2D eigenvalue weighted by Crippen LogP contribution is -2.02. The molecule has 2 nitrogen and oxygen atoms in total. The van der Waals surface area contributed by atoms with Crippen LogP contribution >= 0.6 is 22.9 Å². The zero-order chi connectivity index (χ0) is 14.3. The lowest BCUT2D eigenvalue weighted by molar-refractivity contribution is 0.789. The summed E-state index contributed by atoms with van der Waals surface area (Å²) in [7, 11) is 0. The van der Waals surface area contributed by atoms with Gasteiger partial charge in [-0.05, 0) is 44.0 Å². The topological polar surface area (TPSA) is 17.8 Å². The fourth-order valence-corrected chi connectivity index (χ4v) is 3.74. The van der Waals surface area contributed by atoms with E-state index in [2.05, 4.69) is 49.6 Å². The Balaban J connectivity index is 2.12. The molecule has 0 fully saturated rings. The van der Waals surface area contributed by atoms with Gasteiger partial charge in [-0.25, -0.2) is 4.98 Å². The molecule has 0 saturated heterocycles. The highest BCUT2D eigenvalue weighted by molar-refractivity contribution is 7.12. The van der Waals surface area contributed by atoms with Gasteiger partial charge in [0.1, 0.15) is 5.82 Å². The van der Waals surface area contributed by atoms with Crippen LogP contribution in [0.25, 0.3) is 11.0 Å². The third-order valence-electron chi connectivity index (χ3n) is 3.71. The number of fused-ring (bicyclic) bond motifs is 1. The van der Waals surface area contributed by atoms with Crippen molar-refractivity contribution in [3.05, 3.63) is 51.0 Å². The van der Waals surface area contributed by atoms with Gasteiger partial charge in [-0.3, -0.25) is 0 Å². The number of rotatable bonds is 3. The number of alkyl halides is 1. The van der Waals surface area contributed by atoms with Gasteiger partial charge in [0.15, 0.2) is 0 Å². The normalized spacial score (nSPS) is 11.4. The minimum atomic E-state index is 0.442. The summed E-state index contributed by atoms with van der Waals surface area (Å²) in [6.45, 7) is 7.27. The van der Waals surface area contributed by atoms with E-state index in [9.17, 15) is 0 Å². The number of para-hydroxylation sites is 1. The Morgan fingerprint density at radius 2 is 2.00 bits per heavy atom. The molecule has 0 unspecified atom stereocenters. The van der Waals surface area contributed by atoms with Crippen molar-refractivity contribution >= 4 is 34.0 Å². The van der Waals surface area contributed by atoms with Gasteiger partial charge in [0.25, 0.3) is 0 Å². The molecule has 0 spiro atoms. The fourth-order valence-electron chi connectivity index (χ4n) is 2.50. The summed E-state index contributed by atoms with van der Waals surface area (Å²) in [6, 6.07) is 8.56. The minimum Gasteiger partial charge on any atom is -0.322 e. The second kappa shape index (κ2) is 5.23. The maximum absolute atomic E-state index is 6.08. The zero-order valence-corrected chi connectivity index (χ0v) is 13.5. The Labute approximate surface area is 128 Å². The van der Waals surface area contributed by atoms with Crippen LogP contribution in [0.2, 0.25) is 0 Å². The van der Waals surface area contributed by atoms with E-state index in [0.29, 0.717) is 5.88 Å². The van der Waals surface area contributed by atoms with E-state index in [1.807, 2.05) is 11.3 Å². The number of hydrogen-bond acceptors (Lipinski definition) is 2. The van der Waals surface area contributed by atoms with Crippen molar-refractivity contribution in [1.82, 2.24) is 9.55 Å². The van der Waals surface area contributed by atoms with Gasteiger partial charge in [0.05, 0.1) is 23.5 Å². The minimum absolute atomic E-state index is 0.442. The average molecular weight is 305 g/mol. The highest BCUT2D eigenvalue weighted by Gasteiger charge is 2.13. The van der Waals surface area contributed by atoms with Gasteiger partial charge in [-0.2, -0.15) is 0 Å². The lowest BCUT2D eigenvalue weighted by Gasteiger charge is -2.06. The lowest BCUT2D eigenvalue weighted by atomic mass is 10.2. The van der Waals surface area contributed by atoms with Crippen molar-refractivity contribution in [2.45, 2.75) is 33.2 Å². The summed E-state index contributed by atoms with van der Waals surface area (Å²) in [6.07, 6.45) is 0. The van der Waals surface area contributed by atoms with Crippen LogP contribution in [0.3, 0.4) is 0 Å². The number of thiophene rings is 1. The largest absolute Gasteiger partial charge is 0.322 e. The van der Waals surface area contributed by atoms with Crippen molar-refractivity contribution in [3.63, 3.8) is 0 Å². The number of imidazole rings is 1. The molecule has 20 heavy (non-hydrogen) atoms. The third-order valence-corrected chi connectivity index (χ3v) is 5.09. The molecule has 0 aliphatic rings. The Hall–Kier alpha value is -1.32. The van der Waals surface area contributed by atoms with Crippen LogP contribution in [-0.4, -0.2) is 9.55 Å². The molecule has 104 valence electrons. The van der Waals surface area contributed by atoms with Crippen LogP contribution in [0.4, 0.5) is 0 Å². The first kappa shape index (κ1) is 13.7. The Morgan fingerprint density at radius 1 is 1.20 bits per heavy atom. The number of halogens is 1. The predicted octanol–water partition coefficient (Wildman–Crippen LogP) is 4.81. The van der Waals surface area contributed by atoms with E-state index >= 15 is 0 Å². The number of hydrogen-bond donors (Lipinski definition) is 0. The monoisotopic (exact) mass is 304 g/mol. The maximum Gasteiger partial charge on any atom is 0.125 e. The molecule has 0 radical (unpaired) electrons. The molecule has 0 aliphatic heterocycles. The molecule has 0 atom stereocenters. The number of aromatic nitrogens is 2. The standard InChI is InChI=1S/C16H17ClN2S/c1-10-5-4-6-14-16(10)18-15(8-17)19(14)9-13-7-11(2)12(3)20-13/h4-7H,8-9H2,1-3H3. The molecule has 0 N–H and O–H groups in total. The molecule has 3 rings (SSSR count). The van der Waals surface area contributed by atoms with Crippen molar-refractivity contribution in [2.75, 3.05) is 0 Å². The van der Waals surface area contributed by atoms with Gasteiger partial charge >= 0.3 is 0 Å². The quantitative estimate of drug-likeness (QED) is 0.635. The highest BCUT2D eigenvalue weighted by atomic mass is 35.5. The molecule has 0 aliphatic carbocycles. The van der Waals surface area contributed by atoms with Crippen LogP contribution in [0.5, 0.6) is 0 Å². The van der Waals surface area contributed by atoms with E-state index < -0.39 is 0 Å². The van der Waals surface area contributed by atoms with Crippen LogP contribution in [0.1, 0.15) is 26.7 Å². The first-order chi connectivity index (χ1) is 9.60. The number of nitrogens with zero attached hydrogens (tertiary/aromatic N) is 2. The molecule has 0 saturated carbocycles. The van der Waals surface area contributed by atoms with Gasteiger partial charge in [0.2, 0.25) is 0 Å². The SMILES string of the molecule is Cc1cc(Cn2c(CCl)nc3c(C)cccc32)sc1C. The smallest absolute Gasteiger partial charge is 0.125 e. The zero-order valence-electron chi connectivity index (χ0n) is 11.9. The first-order valence-electron chi connectivity index (χ1n) is 6.66. The molecular weight excluding hydrogens is 288 g/mol. The van der Waals surface area contributed by atoms with Gasteiger partial charge < -0.3 is 4.57 Å². The summed E-state index contributed by atoms with van der Waals surface area (Å²) >= 11 is 7.93. The van der Waals surface area contributed by atoms with Crippen LogP contribution in [0.15, 0.2) is 24.3 Å². The van der Waals surface area contributed by atoms with Crippen molar-refractivity contribution in [1.29, 1.82) is 0 Å². The number of benzene rings is 1. The van der Waals surface area contributed by atoms with E-state index in [4.69, 9.17) is 16.6 Å². The Bertz CT molecular complexity index is 751. The molecule has 2 heterocycles. The molecule has 0 amide bonds. The molecule has 4 heteroatoms. The fraction of sp³-hybridized carbons (Fsp3) is 0.312. The summed E-state index contributed by atoms with van der Waals surface area (Å²) < 4.78 is 2.24. The predicted molar refractivity (Wildman–Crippen MR) is 86.9 cm³/mol. The van der Waals surface area contributed by atoms with Crippen LogP contribution in [-0.2, 0) is 12.4 Å². The van der Waals surface area contributed by atoms with Gasteiger partial charge in [0, 0.05) is 9.75 Å². The van der Waals surface area contributed by atoms with E-state index in [-0.39, 0.29) is 0 Å². The highest BCUT2D eigenvalue weighted by Crippen LogP contribution is 2.26. The molecule has 2 aromatic heterocycles. The van der Waals surface area contributed by atoms with Gasteiger partial charge in [-0.1, -0.05) is 12.1 Å².